The van der Waals surface area contributed by atoms with Crippen LogP contribution in [-0.2, 0) is 19.1 Å². The zero-order chi connectivity index (χ0) is 55.2. The summed E-state index contributed by atoms with van der Waals surface area (Å²) in [5.41, 5.74) is 8.57. The number of nitrogens with zero attached hydrogens (tertiary/aromatic N) is 2. The SMILES string of the molecule is Brc1cnc2ccccc2c1.CC1(N)CC1.CC1(NS(=O)(=O)c2ccc3[nH]c(=O)c(Br)cc3c2)CC1.Cl.O=c1[nH]c2ccc(S(=O)(=O)Cl)cc2cc1Br.O=c1[nH]c2ccccc2cc1Br.[O-][n+]1cc(Br)cc2ccccc21. The smallest absolute Gasteiger partial charge is 0.262 e. The average molecular weight is 1440 g/mol. The normalized spacial score (nSPS) is 13.6. The van der Waals surface area contributed by atoms with Gasteiger partial charge >= 0.3 is 0 Å². The molecule has 2 aliphatic rings. The molecule has 2 fully saturated rings. The van der Waals surface area contributed by atoms with Crippen LogP contribution in [0, 0.1) is 5.21 Å². The summed E-state index contributed by atoms with van der Waals surface area (Å²) in [4.78, 5) is 46.3. The third-order valence-corrected chi connectivity index (χ3v) is 17.1. The van der Waals surface area contributed by atoms with E-state index >= 15 is 0 Å². The number of nitrogens with one attached hydrogen (secondary N) is 4. The van der Waals surface area contributed by atoms with Crippen LogP contribution in [0.4, 0.5) is 0 Å². The van der Waals surface area contributed by atoms with Gasteiger partial charge in [-0.15, -0.1) is 12.4 Å². The van der Waals surface area contributed by atoms with E-state index in [0.717, 1.165) is 48.3 Å². The highest BCUT2D eigenvalue weighted by Crippen LogP contribution is 2.36. The highest BCUT2D eigenvalue weighted by molar-refractivity contribution is 9.11. The highest BCUT2D eigenvalue weighted by Gasteiger charge is 2.41. The van der Waals surface area contributed by atoms with E-state index in [2.05, 4.69) is 117 Å². The van der Waals surface area contributed by atoms with E-state index in [4.69, 9.17) is 16.4 Å². The van der Waals surface area contributed by atoms with Crippen LogP contribution in [0.15, 0.2) is 198 Å². The second kappa shape index (κ2) is 26.0. The van der Waals surface area contributed by atoms with E-state index in [-0.39, 0.29) is 50.0 Å². The summed E-state index contributed by atoms with van der Waals surface area (Å²) in [6.07, 6.45) is 7.49. The van der Waals surface area contributed by atoms with Crippen LogP contribution in [0.3, 0.4) is 0 Å². The van der Waals surface area contributed by atoms with Crippen LogP contribution in [0.25, 0.3) is 54.5 Å². The Morgan fingerprint density at radius 1 is 0.584 bits per heavy atom. The van der Waals surface area contributed by atoms with Gasteiger partial charge in [-0.25, -0.2) is 21.6 Å². The number of para-hydroxylation sites is 3. The lowest BCUT2D eigenvalue weighted by Crippen LogP contribution is -2.34. The number of fused-ring (bicyclic) bond motifs is 5. The Balaban J connectivity index is 0.000000154. The molecule has 0 saturated heterocycles. The third kappa shape index (κ3) is 17.6. The molecule has 6 N–H and O–H groups in total. The number of H-pyrrole nitrogens is 3. The van der Waals surface area contributed by atoms with Gasteiger partial charge in [-0.3, -0.25) is 19.4 Å². The Morgan fingerprint density at radius 3 is 1.56 bits per heavy atom. The lowest BCUT2D eigenvalue weighted by Gasteiger charge is -2.12. The van der Waals surface area contributed by atoms with E-state index < -0.39 is 19.1 Å². The number of aromatic amines is 3. The van der Waals surface area contributed by atoms with Crippen LogP contribution in [-0.4, -0.2) is 47.8 Å². The molecule has 10 aromatic rings. The molecule has 0 atom stereocenters. The summed E-state index contributed by atoms with van der Waals surface area (Å²) >= 11 is 16.0. The van der Waals surface area contributed by atoms with Crippen molar-refractivity contribution in [2.24, 2.45) is 5.73 Å². The predicted molar refractivity (Wildman–Crippen MR) is 327 cm³/mol. The number of hydrogen-bond donors (Lipinski definition) is 5. The molecular formula is C53H46Br5Cl2N7O8S2. The van der Waals surface area contributed by atoms with E-state index in [0.29, 0.717) is 40.7 Å². The summed E-state index contributed by atoms with van der Waals surface area (Å²) < 4.78 is 53.5. The third-order valence-electron chi connectivity index (χ3n) is 11.5. The van der Waals surface area contributed by atoms with Gasteiger partial charge < -0.3 is 25.9 Å². The first kappa shape index (κ1) is 61.4. The summed E-state index contributed by atoms with van der Waals surface area (Å²) in [7, 11) is -2.06. The Bertz CT molecular complexity index is 4220. The highest BCUT2D eigenvalue weighted by atomic mass is 79.9. The molecule has 0 amide bonds. The summed E-state index contributed by atoms with van der Waals surface area (Å²) in [6.45, 7) is 3.96. The largest absolute Gasteiger partial charge is 0.618 e. The van der Waals surface area contributed by atoms with Gasteiger partial charge in [0.15, 0.2) is 6.20 Å². The molecule has 5 aromatic carbocycles. The predicted octanol–water partition coefficient (Wildman–Crippen LogP) is 12.8. The Labute approximate surface area is 494 Å². The Hall–Kier alpha value is -4.85. The lowest BCUT2D eigenvalue weighted by atomic mass is 10.2. The van der Waals surface area contributed by atoms with Crippen molar-refractivity contribution in [1.29, 1.82) is 0 Å². The monoisotopic (exact) mass is 1440 g/mol. The van der Waals surface area contributed by atoms with Gasteiger partial charge in [0.25, 0.3) is 25.7 Å². The second-order valence-corrected chi connectivity index (χ2v) is 26.7. The number of pyridine rings is 5. The van der Waals surface area contributed by atoms with Crippen LogP contribution < -0.4 is 31.9 Å². The maximum Gasteiger partial charge on any atom is 0.262 e. The zero-order valence-electron chi connectivity index (χ0n) is 40.5. The van der Waals surface area contributed by atoms with Crippen LogP contribution in [0.1, 0.15) is 39.5 Å². The minimum Gasteiger partial charge on any atom is -0.618 e. The molecule has 2 aliphatic carbocycles. The van der Waals surface area contributed by atoms with E-state index in [9.17, 15) is 36.4 Å². The van der Waals surface area contributed by atoms with Gasteiger partial charge in [0.05, 0.1) is 33.2 Å². The maximum atomic E-state index is 12.3. The average Bonchev–Trinajstić information content (AvgIpc) is 4.29. The molecule has 0 bridgehead atoms. The second-order valence-electron chi connectivity index (χ2n) is 18.1. The fraction of sp³-hybridized carbons (Fsp3) is 0.151. The molecule has 5 heterocycles. The van der Waals surface area contributed by atoms with Crippen molar-refractivity contribution >= 4 is 176 Å². The maximum absolute atomic E-state index is 12.3. The van der Waals surface area contributed by atoms with Crippen molar-refractivity contribution in [3.8, 4) is 0 Å². The minimum absolute atomic E-state index is 0. The van der Waals surface area contributed by atoms with E-state index in [1.165, 1.54) is 48.7 Å². The fourth-order valence-corrected chi connectivity index (χ4v) is 11.0. The molecule has 5 aromatic heterocycles. The van der Waals surface area contributed by atoms with Crippen molar-refractivity contribution < 1.29 is 21.6 Å². The van der Waals surface area contributed by atoms with Crippen LogP contribution in [0.2, 0.25) is 0 Å². The lowest BCUT2D eigenvalue weighted by molar-refractivity contribution is -0.577. The molecule has 2 saturated carbocycles. The first-order valence-corrected chi connectivity index (χ1v) is 30.5. The van der Waals surface area contributed by atoms with Gasteiger partial charge in [0, 0.05) is 76.6 Å². The summed E-state index contributed by atoms with van der Waals surface area (Å²) in [5.74, 6) is 0. The quantitative estimate of drug-likeness (QED) is 0.0634. The Morgan fingerprint density at radius 2 is 1.03 bits per heavy atom. The molecular weight excluding hydrogens is 1400 g/mol. The molecule has 12 rings (SSSR count). The first-order chi connectivity index (χ1) is 35.8. The summed E-state index contributed by atoms with van der Waals surface area (Å²) in [6, 6.07) is 41.0. The van der Waals surface area contributed by atoms with Gasteiger partial charge in [0.2, 0.25) is 15.5 Å². The fourth-order valence-electron chi connectivity index (χ4n) is 6.85. The number of benzene rings is 5. The number of nitrogens with two attached hydrogens (primary N) is 1. The minimum atomic E-state index is -3.75. The molecule has 0 spiro atoms. The number of aromatic nitrogens is 5. The van der Waals surface area contributed by atoms with Crippen molar-refractivity contribution in [1.82, 2.24) is 24.7 Å². The topological polar surface area (TPSA) is 245 Å². The van der Waals surface area contributed by atoms with E-state index in [1.54, 1.807) is 30.3 Å². The summed E-state index contributed by atoms with van der Waals surface area (Å²) in [5, 5.41) is 15.7. The standard InChI is InChI=1S/C13H13BrN2O3S.C9H5BrClNO3S.2C9H6BrNO.C9H6BrN.C4H9N.ClH/c1-13(4-5-13)16-20(18,19)9-2-3-11-8(6-9)7-10(14)12(17)15-11;10-7-4-5-3-6(16(11,14)15)1-2-8(5)12-9(7)13;10-8-5-7-3-1-2-4-9(7)11(12)6-8;10-7-5-6-3-1-2-4-8(6)11-9(7)12;10-8-5-7-3-1-2-4-9(7)11-6-8;1-4(5)2-3-4;/h2-3,6-7,16H,4-5H2,1H3,(H,15,17);1-4H,(H,12,13);1-6H;1-5H,(H,11,12);1-6H;2-3,5H2,1H3;1H. The number of hydrogen-bond acceptors (Lipinski definition) is 10. The zero-order valence-corrected chi connectivity index (χ0v) is 51.6. The first-order valence-electron chi connectivity index (χ1n) is 22.8. The van der Waals surface area contributed by atoms with Crippen molar-refractivity contribution in [2.75, 3.05) is 0 Å². The molecule has 0 radical (unpaired) electrons. The molecule has 24 heteroatoms. The van der Waals surface area contributed by atoms with Gasteiger partial charge in [0.1, 0.15) is 0 Å². The molecule has 0 aliphatic heterocycles. The number of sulfonamides is 1. The molecule has 0 unspecified atom stereocenters. The van der Waals surface area contributed by atoms with Crippen molar-refractivity contribution in [2.45, 2.75) is 60.4 Å². The van der Waals surface area contributed by atoms with Crippen LogP contribution >= 0.6 is 103 Å². The Kier molecular flexibility index (Phi) is 20.7. The number of rotatable bonds is 4. The molecule has 15 nitrogen and oxygen atoms in total. The van der Waals surface area contributed by atoms with Crippen LogP contribution in [0.5, 0.6) is 0 Å². The van der Waals surface area contributed by atoms with Gasteiger partial charge in [-0.2, -0.15) is 4.73 Å². The molecule has 402 valence electrons. The van der Waals surface area contributed by atoms with E-state index in [1.807, 2.05) is 92.0 Å². The molecule has 77 heavy (non-hydrogen) atoms. The van der Waals surface area contributed by atoms with Gasteiger partial charge in [-0.1, -0.05) is 48.5 Å². The number of halogens is 7. The van der Waals surface area contributed by atoms with Crippen molar-refractivity contribution in [3.05, 3.63) is 211 Å². The van der Waals surface area contributed by atoms with Crippen molar-refractivity contribution in [3.63, 3.8) is 0 Å². The van der Waals surface area contributed by atoms with Gasteiger partial charge in [-0.05, 0) is 209 Å².